The van der Waals surface area contributed by atoms with Gasteiger partial charge in [0.15, 0.2) is 23.6 Å². The molecule has 3 aromatic rings. The molecule has 0 saturated carbocycles. The molecule has 1 N–H and O–H groups in total. The van der Waals surface area contributed by atoms with Crippen molar-refractivity contribution in [2.75, 3.05) is 25.5 Å². The second-order valence-corrected chi connectivity index (χ2v) is 8.08. The van der Waals surface area contributed by atoms with Crippen molar-refractivity contribution in [1.29, 1.82) is 0 Å². The maximum Gasteiger partial charge on any atom is 0.227 e. The molecule has 33 heavy (non-hydrogen) atoms. The van der Waals surface area contributed by atoms with Crippen LogP contribution in [0, 0.1) is 5.82 Å². The number of aldehydes is 1. The minimum Gasteiger partial charge on any atom is -0.493 e. The molecule has 1 aliphatic rings. The van der Waals surface area contributed by atoms with Gasteiger partial charge >= 0.3 is 0 Å². The first-order chi connectivity index (χ1) is 16.0. The van der Waals surface area contributed by atoms with E-state index in [1.807, 2.05) is 0 Å². The lowest BCUT2D eigenvalue weighted by Gasteiger charge is -2.32. The molecule has 0 bridgehead atoms. The standard InChI is InChI=1S/C23H24ClFN4O4/c1-14(13-30)33-29-8-6-16(7-9-29)32-21-11-19-15(10-20(21)31-2)12-26-23(28-19)27-18-5-3-4-17(24)22(18)25/h3-5,10-14,16H,6-9H2,1-2H3,(H,26,27,28). The maximum atomic E-state index is 14.2. The summed E-state index contributed by atoms with van der Waals surface area (Å²) < 4.78 is 26.0. The van der Waals surface area contributed by atoms with E-state index in [-0.39, 0.29) is 22.8 Å². The van der Waals surface area contributed by atoms with E-state index >= 15 is 0 Å². The number of hydroxylamine groups is 2. The number of nitrogens with zero attached hydrogens (tertiary/aromatic N) is 3. The van der Waals surface area contributed by atoms with Crippen LogP contribution >= 0.6 is 11.6 Å². The zero-order chi connectivity index (χ0) is 23.4. The number of rotatable bonds is 8. The largest absolute Gasteiger partial charge is 0.493 e. The van der Waals surface area contributed by atoms with Crippen LogP contribution in [0.25, 0.3) is 10.9 Å². The van der Waals surface area contributed by atoms with Gasteiger partial charge < -0.3 is 19.6 Å². The molecule has 1 unspecified atom stereocenters. The summed E-state index contributed by atoms with van der Waals surface area (Å²) in [5, 5.41) is 5.41. The minimum absolute atomic E-state index is 0.0123. The highest BCUT2D eigenvalue weighted by atomic mass is 35.5. The van der Waals surface area contributed by atoms with Crippen molar-refractivity contribution in [3.8, 4) is 11.5 Å². The summed E-state index contributed by atoms with van der Waals surface area (Å²) in [5.41, 5.74) is 0.802. The first-order valence-electron chi connectivity index (χ1n) is 10.6. The Bertz CT molecular complexity index is 1140. The maximum absolute atomic E-state index is 14.2. The van der Waals surface area contributed by atoms with Gasteiger partial charge in [-0.1, -0.05) is 17.7 Å². The highest BCUT2D eigenvalue weighted by Crippen LogP contribution is 2.34. The summed E-state index contributed by atoms with van der Waals surface area (Å²) in [6.07, 6.45) is 3.36. The van der Waals surface area contributed by atoms with Crippen LogP contribution in [-0.4, -0.2) is 53.7 Å². The topological polar surface area (TPSA) is 85.8 Å². The van der Waals surface area contributed by atoms with Gasteiger partial charge in [-0.25, -0.2) is 14.4 Å². The van der Waals surface area contributed by atoms with Crippen molar-refractivity contribution in [3.05, 3.63) is 47.4 Å². The molecule has 2 heterocycles. The number of nitrogens with one attached hydrogen (secondary N) is 1. The Morgan fingerprint density at radius 1 is 1.27 bits per heavy atom. The monoisotopic (exact) mass is 474 g/mol. The third-order valence-corrected chi connectivity index (χ3v) is 5.56. The summed E-state index contributed by atoms with van der Waals surface area (Å²) in [7, 11) is 1.57. The average Bonchev–Trinajstić information content (AvgIpc) is 2.82. The SMILES string of the molecule is COc1cc2cnc(Nc3cccc(Cl)c3F)nc2cc1OC1CCN(OC(C)C=O)CC1. The Hall–Kier alpha value is -3.01. The molecule has 1 saturated heterocycles. The number of ether oxygens (including phenoxy) is 2. The molecule has 1 atom stereocenters. The van der Waals surface area contributed by atoms with Gasteiger partial charge in [-0.2, -0.15) is 5.06 Å². The number of methoxy groups -OCH3 is 1. The molecular weight excluding hydrogens is 451 g/mol. The van der Waals surface area contributed by atoms with Gasteiger partial charge in [-0.15, -0.1) is 0 Å². The predicted molar refractivity (Wildman–Crippen MR) is 123 cm³/mol. The van der Waals surface area contributed by atoms with E-state index in [1.165, 1.54) is 6.07 Å². The number of hydrogen-bond donors (Lipinski definition) is 1. The predicted octanol–water partition coefficient (Wildman–Crippen LogP) is 4.54. The van der Waals surface area contributed by atoms with Crippen LogP contribution in [0.2, 0.25) is 5.02 Å². The minimum atomic E-state index is -0.570. The van der Waals surface area contributed by atoms with Gasteiger partial charge in [0.05, 0.1) is 23.3 Å². The molecule has 4 rings (SSSR count). The quantitative estimate of drug-likeness (QED) is 0.476. The zero-order valence-corrected chi connectivity index (χ0v) is 19.0. The van der Waals surface area contributed by atoms with E-state index in [0.717, 1.165) is 24.5 Å². The second-order valence-electron chi connectivity index (χ2n) is 7.67. The Labute approximate surface area is 195 Å². The van der Waals surface area contributed by atoms with E-state index in [1.54, 1.807) is 49.6 Å². The molecule has 10 heteroatoms. The summed E-state index contributed by atoms with van der Waals surface area (Å²) in [6, 6.07) is 8.26. The van der Waals surface area contributed by atoms with Crippen LogP contribution < -0.4 is 14.8 Å². The van der Waals surface area contributed by atoms with E-state index < -0.39 is 11.9 Å². The van der Waals surface area contributed by atoms with Crippen molar-refractivity contribution in [2.45, 2.75) is 32.0 Å². The molecule has 0 aliphatic carbocycles. The summed E-state index contributed by atoms with van der Waals surface area (Å²) >= 11 is 5.85. The molecular formula is C23H24ClFN4O4. The number of anilines is 2. The lowest BCUT2D eigenvalue weighted by molar-refractivity contribution is -0.202. The zero-order valence-electron chi connectivity index (χ0n) is 18.3. The number of fused-ring (bicyclic) bond motifs is 1. The summed E-state index contributed by atoms with van der Waals surface area (Å²) in [5.74, 6) is 0.791. The van der Waals surface area contributed by atoms with Crippen LogP contribution in [-0.2, 0) is 9.63 Å². The van der Waals surface area contributed by atoms with Gasteiger partial charge in [-0.3, -0.25) is 4.84 Å². The third kappa shape index (κ3) is 5.50. The van der Waals surface area contributed by atoms with Crippen LogP contribution in [0.3, 0.4) is 0 Å². The molecule has 1 fully saturated rings. The first kappa shape index (κ1) is 23.2. The Morgan fingerprint density at radius 2 is 2.06 bits per heavy atom. The lowest BCUT2D eigenvalue weighted by atomic mass is 10.1. The van der Waals surface area contributed by atoms with E-state index in [9.17, 15) is 9.18 Å². The molecule has 1 aliphatic heterocycles. The molecule has 0 amide bonds. The molecule has 2 aromatic carbocycles. The van der Waals surface area contributed by atoms with Crippen molar-refractivity contribution in [1.82, 2.24) is 15.0 Å². The molecule has 0 spiro atoms. The van der Waals surface area contributed by atoms with Crippen molar-refractivity contribution < 1.29 is 23.5 Å². The Balaban J connectivity index is 1.51. The summed E-state index contributed by atoms with van der Waals surface area (Å²) in [4.78, 5) is 25.1. The third-order valence-electron chi connectivity index (χ3n) is 5.26. The van der Waals surface area contributed by atoms with E-state index in [0.29, 0.717) is 30.1 Å². The van der Waals surface area contributed by atoms with E-state index in [2.05, 4.69) is 15.3 Å². The first-order valence-corrected chi connectivity index (χ1v) is 10.9. The van der Waals surface area contributed by atoms with Crippen molar-refractivity contribution >= 4 is 40.4 Å². The fraction of sp³-hybridized carbons (Fsp3) is 0.348. The number of piperidine rings is 1. The van der Waals surface area contributed by atoms with Gasteiger partial charge in [-0.05, 0) is 38.0 Å². The Morgan fingerprint density at radius 3 is 2.79 bits per heavy atom. The molecule has 174 valence electrons. The number of benzene rings is 2. The Kier molecular flexibility index (Phi) is 7.22. The molecule has 1 aromatic heterocycles. The number of carbonyl (C=O) groups excluding carboxylic acids is 1. The van der Waals surface area contributed by atoms with E-state index in [4.69, 9.17) is 25.9 Å². The smallest absolute Gasteiger partial charge is 0.227 e. The van der Waals surface area contributed by atoms with Crippen molar-refractivity contribution in [2.24, 2.45) is 0 Å². The fourth-order valence-electron chi connectivity index (χ4n) is 3.57. The highest BCUT2D eigenvalue weighted by Gasteiger charge is 2.24. The molecule has 8 nitrogen and oxygen atoms in total. The van der Waals surface area contributed by atoms with Crippen LogP contribution in [0.15, 0.2) is 36.5 Å². The number of aromatic nitrogens is 2. The summed E-state index contributed by atoms with van der Waals surface area (Å²) in [6.45, 7) is 3.02. The van der Waals surface area contributed by atoms with Crippen LogP contribution in [0.5, 0.6) is 11.5 Å². The number of hydrogen-bond acceptors (Lipinski definition) is 8. The number of halogens is 2. The lowest BCUT2D eigenvalue weighted by Crippen LogP contribution is -2.40. The second kappa shape index (κ2) is 10.3. The van der Waals surface area contributed by atoms with Crippen LogP contribution in [0.4, 0.5) is 16.0 Å². The normalized spacial score (nSPS) is 15.9. The van der Waals surface area contributed by atoms with Gasteiger partial charge in [0, 0.05) is 30.7 Å². The molecule has 0 radical (unpaired) electrons. The van der Waals surface area contributed by atoms with Crippen LogP contribution in [0.1, 0.15) is 19.8 Å². The fourth-order valence-corrected chi connectivity index (χ4v) is 3.74. The number of carbonyl (C=O) groups is 1. The highest BCUT2D eigenvalue weighted by molar-refractivity contribution is 6.31. The van der Waals surface area contributed by atoms with Gasteiger partial charge in [0.1, 0.15) is 12.2 Å². The average molecular weight is 475 g/mol. The van der Waals surface area contributed by atoms with Crippen molar-refractivity contribution in [3.63, 3.8) is 0 Å². The van der Waals surface area contributed by atoms with Gasteiger partial charge in [0.2, 0.25) is 5.95 Å². The van der Waals surface area contributed by atoms with Gasteiger partial charge in [0.25, 0.3) is 0 Å².